The highest BCUT2D eigenvalue weighted by Crippen LogP contribution is 2.22. The van der Waals surface area contributed by atoms with Gasteiger partial charge in [-0.1, -0.05) is 11.6 Å². The molecule has 0 radical (unpaired) electrons. The molecule has 0 aliphatic carbocycles. The molecule has 6 nitrogen and oxygen atoms in total. The Morgan fingerprint density at radius 2 is 2.13 bits per heavy atom. The van der Waals surface area contributed by atoms with E-state index in [0.717, 1.165) is 22.3 Å². The van der Waals surface area contributed by atoms with Crippen molar-refractivity contribution in [2.75, 3.05) is 6.54 Å². The van der Waals surface area contributed by atoms with E-state index in [1.807, 2.05) is 33.8 Å². The summed E-state index contributed by atoms with van der Waals surface area (Å²) in [6.45, 7) is 8.71. The van der Waals surface area contributed by atoms with Gasteiger partial charge in [-0.05, 0) is 38.8 Å². The van der Waals surface area contributed by atoms with Gasteiger partial charge in [0.2, 0.25) is 0 Å². The standard InChI is InChI=1S/C17H22N4O2/c1-5-19-17-16(11(2)3)14(7-15(22)21(17)23)20-10-13-6-12(4)8-18-9-13/h6-9,20,23H,5,10H2,1-4H3. The number of hydrogen-bond acceptors (Lipinski definition) is 5. The molecule has 0 fully saturated rings. The van der Waals surface area contributed by atoms with Crippen molar-refractivity contribution in [3.05, 3.63) is 52.5 Å². The number of nitrogens with one attached hydrogen (secondary N) is 1. The summed E-state index contributed by atoms with van der Waals surface area (Å²) in [6.07, 6.45) is 4.97. The number of allylic oxidation sites excluding steroid dienone is 1. The fourth-order valence-corrected chi connectivity index (χ4v) is 2.43. The molecule has 2 heterocycles. The molecule has 1 aromatic heterocycles. The minimum Gasteiger partial charge on any atom is -0.380 e. The number of hydroxylamine groups is 2. The molecule has 0 atom stereocenters. The molecule has 0 unspecified atom stereocenters. The summed E-state index contributed by atoms with van der Waals surface area (Å²) in [5, 5.41) is 13.8. The van der Waals surface area contributed by atoms with Crippen molar-refractivity contribution in [2.45, 2.75) is 34.2 Å². The Labute approximate surface area is 136 Å². The van der Waals surface area contributed by atoms with E-state index in [2.05, 4.69) is 15.3 Å². The van der Waals surface area contributed by atoms with Gasteiger partial charge in [0.15, 0.2) is 5.84 Å². The summed E-state index contributed by atoms with van der Waals surface area (Å²) >= 11 is 0. The topological polar surface area (TPSA) is 77.8 Å². The van der Waals surface area contributed by atoms with Crippen LogP contribution in [0.5, 0.6) is 0 Å². The Bertz CT molecular complexity index is 700. The quantitative estimate of drug-likeness (QED) is 0.836. The predicted molar refractivity (Wildman–Crippen MR) is 88.9 cm³/mol. The van der Waals surface area contributed by atoms with E-state index in [9.17, 15) is 10.0 Å². The van der Waals surface area contributed by atoms with Crippen LogP contribution in [0, 0.1) is 6.92 Å². The average molecular weight is 314 g/mol. The van der Waals surface area contributed by atoms with Crippen LogP contribution in [-0.4, -0.2) is 33.5 Å². The molecule has 1 amide bonds. The lowest BCUT2D eigenvalue weighted by molar-refractivity contribution is -0.143. The fraction of sp³-hybridized carbons (Fsp3) is 0.353. The molecule has 1 aliphatic rings. The summed E-state index contributed by atoms with van der Waals surface area (Å²) in [4.78, 5) is 20.4. The number of amidine groups is 1. The minimum absolute atomic E-state index is 0.282. The molecule has 0 saturated heterocycles. The Morgan fingerprint density at radius 3 is 2.74 bits per heavy atom. The number of aliphatic imine (C=N–C) groups is 1. The second-order valence-corrected chi connectivity index (χ2v) is 5.61. The second kappa shape index (κ2) is 7.19. The number of hydrogen-bond donors (Lipinski definition) is 2. The van der Waals surface area contributed by atoms with Crippen molar-refractivity contribution in [2.24, 2.45) is 4.99 Å². The highest BCUT2D eigenvalue weighted by molar-refractivity contribution is 6.15. The minimum atomic E-state index is -0.507. The summed E-state index contributed by atoms with van der Waals surface area (Å²) in [5.74, 6) is -0.225. The van der Waals surface area contributed by atoms with E-state index in [-0.39, 0.29) is 5.84 Å². The molecule has 2 N–H and O–H groups in total. The van der Waals surface area contributed by atoms with Crippen LogP contribution in [0.1, 0.15) is 31.9 Å². The summed E-state index contributed by atoms with van der Waals surface area (Å²) < 4.78 is 0. The molecular weight excluding hydrogens is 292 g/mol. The van der Waals surface area contributed by atoms with E-state index in [0.29, 0.717) is 23.8 Å². The first-order valence-corrected chi connectivity index (χ1v) is 7.55. The van der Waals surface area contributed by atoms with Crippen molar-refractivity contribution in [3.63, 3.8) is 0 Å². The van der Waals surface area contributed by atoms with Gasteiger partial charge >= 0.3 is 0 Å². The predicted octanol–water partition coefficient (Wildman–Crippen LogP) is 2.35. The van der Waals surface area contributed by atoms with Crippen molar-refractivity contribution < 1.29 is 10.0 Å². The molecule has 1 aromatic rings. The number of rotatable bonds is 4. The molecule has 1 aliphatic heterocycles. The number of nitrogens with zero attached hydrogens (tertiary/aromatic N) is 3. The molecule has 23 heavy (non-hydrogen) atoms. The van der Waals surface area contributed by atoms with Crippen LogP contribution in [0.3, 0.4) is 0 Å². The number of aryl methyl sites for hydroxylation is 1. The van der Waals surface area contributed by atoms with Gasteiger partial charge in [-0.15, -0.1) is 0 Å². The second-order valence-electron chi connectivity index (χ2n) is 5.61. The van der Waals surface area contributed by atoms with E-state index in [1.54, 1.807) is 12.4 Å². The molecule has 122 valence electrons. The van der Waals surface area contributed by atoms with Crippen LogP contribution < -0.4 is 5.32 Å². The van der Waals surface area contributed by atoms with Gasteiger partial charge in [0.25, 0.3) is 5.91 Å². The highest BCUT2D eigenvalue weighted by Gasteiger charge is 2.29. The van der Waals surface area contributed by atoms with Gasteiger partial charge in [-0.3, -0.25) is 20.0 Å². The molecule has 0 saturated carbocycles. The Hall–Kier alpha value is -2.47. The van der Waals surface area contributed by atoms with Crippen molar-refractivity contribution in [1.29, 1.82) is 0 Å². The molecule has 0 spiro atoms. The lowest BCUT2D eigenvalue weighted by atomic mass is 10.0. The molecule has 0 aromatic carbocycles. The van der Waals surface area contributed by atoms with Crippen LogP contribution in [0.15, 0.2) is 46.4 Å². The number of pyridine rings is 1. The van der Waals surface area contributed by atoms with Gasteiger partial charge in [-0.25, -0.2) is 0 Å². The molecule has 6 heteroatoms. The highest BCUT2D eigenvalue weighted by atomic mass is 16.5. The average Bonchev–Trinajstić information content (AvgIpc) is 2.49. The Balaban J connectivity index is 2.32. The zero-order valence-electron chi connectivity index (χ0n) is 13.9. The number of carbonyl (C=O) groups excluding carboxylic acids is 1. The Kier molecular flexibility index (Phi) is 5.28. The summed E-state index contributed by atoms with van der Waals surface area (Å²) in [5.41, 5.74) is 4.47. The van der Waals surface area contributed by atoms with Crippen LogP contribution in [0.2, 0.25) is 0 Å². The monoisotopic (exact) mass is 314 g/mol. The first-order chi connectivity index (χ1) is 10.9. The maximum Gasteiger partial charge on any atom is 0.278 e. The molecule has 2 rings (SSSR count). The fourth-order valence-electron chi connectivity index (χ4n) is 2.43. The van der Waals surface area contributed by atoms with Gasteiger partial charge in [-0.2, -0.15) is 5.06 Å². The van der Waals surface area contributed by atoms with Crippen molar-refractivity contribution in [3.8, 4) is 0 Å². The summed E-state index contributed by atoms with van der Waals surface area (Å²) in [7, 11) is 0. The molecule has 0 bridgehead atoms. The van der Waals surface area contributed by atoms with E-state index < -0.39 is 5.91 Å². The van der Waals surface area contributed by atoms with Gasteiger partial charge < -0.3 is 5.32 Å². The van der Waals surface area contributed by atoms with Crippen molar-refractivity contribution >= 4 is 11.7 Å². The SMILES string of the molecule is CCN=C1C(=C(C)C)C(NCc2cncc(C)c2)=CC(=O)N1O. The lowest BCUT2D eigenvalue weighted by Crippen LogP contribution is -2.41. The third-order valence-electron chi connectivity index (χ3n) is 3.39. The van der Waals surface area contributed by atoms with Crippen LogP contribution in [-0.2, 0) is 11.3 Å². The first-order valence-electron chi connectivity index (χ1n) is 7.55. The van der Waals surface area contributed by atoms with Gasteiger partial charge in [0, 0.05) is 37.1 Å². The third-order valence-corrected chi connectivity index (χ3v) is 3.39. The number of carbonyl (C=O) groups is 1. The number of amides is 1. The van der Waals surface area contributed by atoms with Crippen LogP contribution in [0.4, 0.5) is 0 Å². The zero-order chi connectivity index (χ0) is 17.0. The zero-order valence-corrected chi connectivity index (χ0v) is 13.9. The van der Waals surface area contributed by atoms with E-state index in [1.165, 1.54) is 6.08 Å². The smallest absolute Gasteiger partial charge is 0.278 e. The number of aromatic nitrogens is 1. The largest absolute Gasteiger partial charge is 0.380 e. The normalized spacial score (nSPS) is 16.7. The van der Waals surface area contributed by atoms with Gasteiger partial charge in [0.05, 0.1) is 5.70 Å². The molecular formula is C17H22N4O2. The van der Waals surface area contributed by atoms with Gasteiger partial charge in [0.1, 0.15) is 0 Å². The Morgan fingerprint density at radius 1 is 1.39 bits per heavy atom. The lowest BCUT2D eigenvalue weighted by Gasteiger charge is -2.27. The van der Waals surface area contributed by atoms with E-state index in [4.69, 9.17) is 0 Å². The summed E-state index contributed by atoms with van der Waals surface area (Å²) in [6, 6.07) is 2.03. The van der Waals surface area contributed by atoms with E-state index >= 15 is 0 Å². The first kappa shape index (κ1) is 16.9. The van der Waals surface area contributed by atoms with Crippen LogP contribution in [0.25, 0.3) is 0 Å². The third kappa shape index (κ3) is 3.84. The maximum absolute atomic E-state index is 12.0. The van der Waals surface area contributed by atoms with Crippen molar-refractivity contribution in [1.82, 2.24) is 15.4 Å². The maximum atomic E-state index is 12.0. The van der Waals surface area contributed by atoms with Crippen LogP contribution >= 0.6 is 0 Å².